The lowest BCUT2D eigenvalue weighted by Gasteiger charge is -2.30. The molecule has 4 N–H and O–H groups in total. The molecule has 1 aliphatic heterocycles. The van der Waals surface area contributed by atoms with E-state index in [2.05, 4.69) is 10.3 Å². The molecule has 1 fully saturated rings. The summed E-state index contributed by atoms with van der Waals surface area (Å²) in [7, 11) is 0. The van der Waals surface area contributed by atoms with E-state index in [-0.39, 0.29) is 23.3 Å². The van der Waals surface area contributed by atoms with Crippen molar-refractivity contribution in [1.82, 2.24) is 9.88 Å². The van der Waals surface area contributed by atoms with Crippen LogP contribution in [0, 0.1) is 11.6 Å². The van der Waals surface area contributed by atoms with Gasteiger partial charge in [-0.1, -0.05) is 17.4 Å². The summed E-state index contributed by atoms with van der Waals surface area (Å²) in [6.45, 7) is 0.740. The highest BCUT2D eigenvalue weighted by Gasteiger charge is 2.27. The Morgan fingerprint density at radius 1 is 1.35 bits per heavy atom. The molecule has 1 aromatic carbocycles. The number of anilines is 2. The van der Waals surface area contributed by atoms with Gasteiger partial charge in [0.1, 0.15) is 22.3 Å². The number of hydrogen-bond donors (Lipinski definition) is 3. The van der Waals surface area contributed by atoms with Gasteiger partial charge in [-0.05, 0) is 25.0 Å². The van der Waals surface area contributed by atoms with Crippen LogP contribution in [0.25, 0.3) is 0 Å². The fraction of sp³-hybridized carbons (Fsp3) is 0.312. The van der Waals surface area contributed by atoms with Crippen LogP contribution in [0.2, 0.25) is 0 Å². The van der Waals surface area contributed by atoms with Crippen molar-refractivity contribution in [2.75, 3.05) is 24.1 Å². The minimum Gasteiger partial charge on any atom is -0.465 e. The number of likely N-dealkylation sites (tertiary alicyclic amines) is 1. The lowest BCUT2D eigenvalue weighted by molar-refractivity contribution is 0.103. The van der Waals surface area contributed by atoms with Gasteiger partial charge in [0.2, 0.25) is 5.78 Å². The number of nitrogen functional groups attached to an aromatic ring is 1. The van der Waals surface area contributed by atoms with Crippen LogP contribution in [0.15, 0.2) is 18.2 Å². The van der Waals surface area contributed by atoms with Crippen LogP contribution in [0.5, 0.6) is 0 Å². The van der Waals surface area contributed by atoms with Gasteiger partial charge in [-0.2, -0.15) is 0 Å². The van der Waals surface area contributed by atoms with E-state index in [1.54, 1.807) is 0 Å². The minimum absolute atomic E-state index is 0.0672. The number of ketones is 1. The first-order valence-electron chi connectivity index (χ1n) is 7.86. The van der Waals surface area contributed by atoms with Crippen molar-refractivity contribution >= 4 is 34.2 Å². The number of carboxylic acid groups (broad SMARTS) is 1. The van der Waals surface area contributed by atoms with Crippen molar-refractivity contribution < 1.29 is 23.5 Å². The van der Waals surface area contributed by atoms with Crippen molar-refractivity contribution in [3.8, 4) is 0 Å². The fourth-order valence-electron chi connectivity index (χ4n) is 2.83. The smallest absolute Gasteiger partial charge is 0.407 e. The Hall–Kier alpha value is -2.75. The Morgan fingerprint density at radius 2 is 2.04 bits per heavy atom. The van der Waals surface area contributed by atoms with Gasteiger partial charge in [0.15, 0.2) is 5.13 Å². The molecular weight excluding hydrogens is 366 g/mol. The number of rotatable bonds is 4. The van der Waals surface area contributed by atoms with Gasteiger partial charge in [-0.25, -0.2) is 18.6 Å². The Kier molecular flexibility index (Phi) is 5.03. The number of thiazole rings is 1. The first kappa shape index (κ1) is 18.1. The van der Waals surface area contributed by atoms with E-state index in [0.29, 0.717) is 18.1 Å². The van der Waals surface area contributed by atoms with Gasteiger partial charge in [0, 0.05) is 19.1 Å². The van der Waals surface area contributed by atoms with Crippen molar-refractivity contribution in [2.45, 2.75) is 18.9 Å². The van der Waals surface area contributed by atoms with Gasteiger partial charge in [-0.15, -0.1) is 0 Å². The van der Waals surface area contributed by atoms with Crippen molar-refractivity contribution in [1.29, 1.82) is 0 Å². The summed E-state index contributed by atoms with van der Waals surface area (Å²) in [6, 6.07) is 2.98. The molecule has 0 radical (unpaired) electrons. The summed E-state index contributed by atoms with van der Waals surface area (Å²) < 4.78 is 27.6. The maximum Gasteiger partial charge on any atom is 0.407 e. The topological polar surface area (TPSA) is 109 Å². The molecule has 1 atom stereocenters. The predicted octanol–water partition coefficient (Wildman–Crippen LogP) is 2.79. The van der Waals surface area contributed by atoms with Gasteiger partial charge >= 0.3 is 6.09 Å². The normalized spacial score (nSPS) is 17.2. The molecule has 1 saturated heterocycles. The molecule has 1 aromatic heterocycles. The van der Waals surface area contributed by atoms with Crippen LogP contribution < -0.4 is 11.1 Å². The number of nitrogens with two attached hydrogens (primary N) is 1. The van der Waals surface area contributed by atoms with E-state index in [1.165, 1.54) is 11.0 Å². The second-order valence-electron chi connectivity index (χ2n) is 5.87. The molecule has 0 aliphatic carbocycles. The summed E-state index contributed by atoms with van der Waals surface area (Å²) in [5.74, 6) is -2.95. The van der Waals surface area contributed by atoms with Crippen LogP contribution >= 0.6 is 11.3 Å². The third-order valence-corrected chi connectivity index (χ3v) is 5.07. The number of nitrogens with one attached hydrogen (secondary N) is 1. The molecule has 7 nitrogen and oxygen atoms in total. The zero-order valence-electron chi connectivity index (χ0n) is 13.5. The number of hydrogen-bond acceptors (Lipinski definition) is 6. The van der Waals surface area contributed by atoms with E-state index in [9.17, 15) is 18.4 Å². The van der Waals surface area contributed by atoms with Crippen molar-refractivity contribution in [3.05, 3.63) is 40.3 Å². The van der Waals surface area contributed by atoms with Crippen LogP contribution in [0.4, 0.5) is 24.5 Å². The van der Waals surface area contributed by atoms with Gasteiger partial charge < -0.3 is 21.1 Å². The minimum atomic E-state index is -0.999. The SMILES string of the molecule is Nc1nc(NC2CCCN(C(=O)O)C2)sc1C(=O)c1c(F)cccc1F. The largest absolute Gasteiger partial charge is 0.465 e. The zero-order chi connectivity index (χ0) is 18.8. The molecule has 0 bridgehead atoms. The summed E-state index contributed by atoms with van der Waals surface area (Å²) >= 11 is 0.887. The highest BCUT2D eigenvalue weighted by Crippen LogP contribution is 2.30. The van der Waals surface area contributed by atoms with Crippen LogP contribution in [0.3, 0.4) is 0 Å². The third kappa shape index (κ3) is 3.59. The molecule has 3 rings (SSSR count). The molecule has 0 saturated carbocycles. The molecule has 1 aliphatic rings. The van der Waals surface area contributed by atoms with E-state index >= 15 is 0 Å². The number of benzene rings is 1. The molecule has 1 unspecified atom stereocenters. The molecule has 2 aromatic rings. The average Bonchev–Trinajstić information content (AvgIpc) is 2.95. The lowest BCUT2D eigenvalue weighted by Crippen LogP contribution is -2.44. The van der Waals surface area contributed by atoms with E-state index < -0.39 is 29.1 Å². The molecule has 0 spiro atoms. The Bertz CT molecular complexity index is 838. The Morgan fingerprint density at radius 3 is 2.69 bits per heavy atom. The second kappa shape index (κ2) is 7.24. The van der Waals surface area contributed by atoms with Gasteiger partial charge in [0.25, 0.3) is 0 Å². The van der Waals surface area contributed by atoms with Crippen LogP contribution in [-0.4, -0.2) is 46.0 Å². The summed E-state index contributed by atoms with van der Waals surface area (Å²) in [5, 5.41) is 12.4. The van der Waals surface area contributed by atoms with Gasteiger partial charge in [-0.3, -0.25) is 4.79 Å². The predicted molar refractivity (Wildman–Crippen MR) is 92.6 cm³/mol. The highest BCUT2D eigenvalue weighted by molar-refractivity contribution is 7.18. The first-order chi connectivity index (χ1) is 12.4. The molecular formula is C16H16F2N4O3S. The number of carbonyl (C=O) groups is 2. The number of piperidine rings is 1. The molecule has 1 amide bonds. The zero-order valence-corrected chi connectivity index (χ0v) is 14.4. The second-order valence-corrected chi connectivity index (χ2v) is 6.87. The Labute approximate surface area is 151 Å². The highest BCUT2D eigenvalue weighted by atomic mass is 32.1. The fourth-order valence-corrected chi connectivity index (χ4v) is 3.74. The summed E-state index contributed by atoms with van der Waals surface area (Å²) in [5.41, 5.74) is 5.07. The number of carbonyl (C=O) groups excluding carboxylic acids is 1. The molecule has 2 heterocycles. The Balaban J connectivity index is 1.79. The standard InChI is InChI=1S/C16H16F2N4O3S/c17-9-4-1-5-10(18)11(9)12(23)13-14(19)21-15(26-13)20-8-3-2-6-22(7-8)16(24)25/h1,4-5,8H,2-3,6-7,19H2,(H,20,21)(H,24,25). The number of nitrogens with zero attached hydrogens (tertiary/aromatic N) is 2. The third-order valence-electron chi connectivity index (χ3n) is 4.07. The average molecular weight is 382 g/mol. The van der Waals surface area contributed by atoms with E-state index in [0.717, 1.165) is 29.9 Å². The van der Waals surface area contributed by atoms with Crippen LogP contribution in [0.1, 0.15) is 28.1 Å². The maximum absolute atomic E-state index is 13.8. The lowest BCUT2D eigenvalue weighted by atomic mass is 10.1. The van der Waals surface area contributed by atoms with E-state index in [4.69, 9.17) is 10.8 Å². The van der Waals surface area contributed by atoms with E-state index in [1.807, 2.05) is 0 Å². The molecule has 26 heavy (non-hydrogen) atoms. The number of amides is 1. The van der Waals surface area contributed by atoms with Gasteiger partial charge in [0.05, 0.1) is 5.56 Å². The summed E-state index contributed by atoms with van der Waals surface area (Å²) in [6.07, 6.45) is 0.423. The maximum atomic E-state index is 13.8. The number of aromatic nitrogens is 1. The molecule has 10 heteroatoms. The van der Waals surface area contributed by atoms with Crippen molar-refractivity contribution in [3.63, 3.8) is 0 Å². The number of halogens is 2. The first-order valence-corrected chi connectivity index (χ1v) is 8.68. The quantitative estimate of drug-likeness (QED) is 0.702. The summed E-state index contributed by atoms with van der Waals surface area (Å²) in [4.78, 5) is 28.8. The molecule has 138 valence electrons. The van der Waals surface area contributed by atoms with Crippen LogP contribution in [-0.2, 0) is 0 Å². The van der Waals surface area contributed by atoms with Crippen molar-refractivity contribution in [2.24, 2.45) is 0 Å². The monoisotopic (exact) mass is 382 g/mol.